The third-order valence-electron chi connectivity index (χ3n) is 10.8. The average Bonchev–Trinajstić information content (AvgIpc) is 3.58. The van der Waals surface area contributed by atoms with Gasteiger partial charge in [-0.1, -0.05) is 123 Å². The number of thiophene rings is 1. The summed E-state index contributed by atoms with van der Waals surface area (Å²) < 4.78 is 1.31. The molecule has 0 fully saturated rings. The van der Waals surface area contributed by atoms with Crippen LogP contribution in [0.3, 0.4) is 0 Å². The molecule has 0 saturated carbocycles. The van der Waals surface area contributed by atoms with Crippen molar-refractivity contribution in [2.45, 2.75) is 113 Å². The number of nitrogens with zero attached hydrogens (tertiary/aromatic N) is 1. The standard InChI is InChI=1S/C33H34NSSi.C13H24O2.Ir/c1-20(2)16-21-12-13-25-28(17-21)36(6,7)32-26-14-15-34-29(30(26)35-31(25)32)23-18-22-10-8-9-11-24(22)27(19-23)33(3,4)5;1-5-10(6-2)12(14)9-13(15)11(7-3)8-4;/h8-15,17,19-20H,16H2,1-7H3;9-11,14H,5-8H2,1-4H3;/q-1;;/b;12-9-;. The molecule has 1 aliphatic rings. The Morgan fingerprint density at radius 3 is 2.19 bits per heavy atom. The van der Waals surface area contributed by atoms with Crippen LogP contribution in [0.2, 0.25) is 13.1 Å². The Morgan fingerprint density at radius 2 is 1.58 bits per heavy atom. The number of aliphatic hydroxyl groups is 1. The molecule has 52 heavy (non-hydrogen) atoms. The Kier molecular flexibility index (Phi) is 13.7. The minimum absolute atomic E-state index is 0. The van der Waals surface area contributed by atoms with E-state index in [1.807, 2.05) is 45.2 Å². The summed E-state index contributed by atoms with van der Waals surface area (Å²) in [4.78, 5) is 18.2. The quantitative estimate of drug-likeness (QED) is 0.0657. The zero-order chi connectivity index (χ0) is 37.2. The summed E-state index contributed by atoms with van der Waals surface area (Å²) in [5, 5.41) is 16.8. The van der Waals surface area contributed by atoms with Crippen LogP contribution in [-0.2, 0) is 36.7 Å². The summed E-state index contributed by atoms with van der Waals surface area (Å²) in [5.74, 6) is 1.22. The monoisotopic (exact) mass is 909 g/mol. The fraction of sp³-hybridized carbons (Fsp3) is 0.435. The number of hydrogen-bond donors (Lipinski definition) is 1. The van der Waals surface area contributed by atoms with Gasteiger partial charge in [0, 0.05) is 59.5 Å². The van der Waals surface area contributed by atoms with Gasteiger partial charge in [-0.2, -0.15) is 0 Å². The van der Waals surface area contributed by atoms with Gasteiger partial charge in [0.1, 0.15) is 8.07 Å². The van der Waals surface area contributed by atoms with Gasteiger partial charge >= 0.3 is 0 Å². The summed E-state index contributed by atoms with van der Waals surface area (Å²) in [6.45, 7) is 24.6. The van der Waals surface area contributed by atoms with Gasteiger partial charge in [0.25, 0.3) is 0 Å². The van der Waals surface area contributed by atoms with E-state index in [1.54, 1.807) is 10.4 Å². The van der Waals surface area contributed by atoms with Crippen LogP contribution in [0.15, 0.2) is 72.6 Å². The number of aromatic nitrogens is 1. The number of aliphatic hydroxyl groups excluding tert-OH is 1. The maximum Gasteiger partial charge on any atom is 0.162 e. The number of fused-ring (bicyclic) bond motifs is 6. The van der Waals surface area contributed by atoms with Gasteiger partial charge in [-0.3, -0.25) is 9.78 Å². The van der Waals surface area contributed by atoms with Crippen molar-refractivity contribution in [2.75, 3.05) is 0 Å². The molecule has 279 valence electrons. The molecule has 0 amide bonds. The van der Waals surface area contributed by atoms with Crippen LogP contribution in [0.5, 0.6) is 0 Å². The van der Waals surface area contributed by atoms with Gasteiger partial charge in [0.15, 0.2) is 5.78 Å². The first-order valence-corrected chi connectivity index (χ1v) is 22.9. The molecule has 1 radical (unpaired) electrons. The number of allylic oxidation sites excluding steroid dienone is 2. The molecule has 0 atom stereocenters. The predicted octanol–water partition coefficient (Wildman–Crippen LogP) is 12.1. The number of pyridine rings is 1. The first-order valence-electron chi connectivity index (χ1n) is 19.1. The first kappa shape index (κ1) is 41.9. The number of rotatable bonds is 10. The van der Waals surface area contributed by atoms with Crippen molar-refractivity contribution >= 4 is 56.4 Å². The molecule has 5 aromatic rings. The summed E-state index contributed by atoms with van der Waals surface area (Å²) >= 11 is 1.94. The molecule has 1 aliphatic heterocycles. The van der Waals surface area contributed by atoms with Crippen LogP contribution < -0.4 is 10.4 Å². The van der Waals surface area contributed by atoms with Gasteiger partial charge in [-0.25, -0.2) is 0 Å². The Balaban J connectivity index is 0.000000323. The Labute approximate surface area is 331 Å². The smallest absolute Gasteiger partial charge is 0.162 e. The van der Waals surface area contributed by atoms with E-state index in [0.29, 0.717) is 5.92 Å². The van der Waals surface area contributed by atoms with Crippen LogP contribution in [0, 0.1) is 23.8 Å². The fourth-order valence-corrected chi connectivity index (χ4v) is 13.4. The molecule has 0 unspecified atom stereocenters. The molecular weight excluding hydrogens is 851 g/mol. The van der Waals surface area contributed by atoms with Gasteiger partial charge < -0.3 is 5.11 Å². The number of ketones is 1. The van der Waals surface area contributed by atoms with E-state index in [1.165, 1.54) is 48.5 Å². The number of carbonyl (C=O) groups is 1. The molecule has 0 spiro atoms. The molecular formula is C46H58IrNO2SSi-. The summed E-state index contributed by atoms with van der Waals surface area (Å²) in [6, 6.07) is 24.3. The average molecular weight is 909 g/mol. The van der Waals surface area contributed by atoms with Crippen molar-refractivity contribution in [3.63, 3.8) is 0 Å². The normalized spacial score (nSPS) is 13.7. The molecule has 6 rings (SSSR count). The third-order valence-corrected chi connectivity index (χ3v) is 15.8. The van der Waals surface area contributed by atoms with Gasteiger partial charge in [0.05, 0.1) is 5.76 Å². The zero-order valence-corrected chi connectivity index (χ0v) is 37.4. The topological polar surface area (TPSA) is 50.2 Å². The van der Waals surface area contributed by atoms with E-state index >= 15 is 0 Å². The molecule has 0 aliphatic carbocycles. The summed E-state index contributed by atoms with van der Waals surface area (Å²) in [7, 11) is -1.81. The van der Waals surface area contributed by atoms with Gasteiger partial charge in [-0.15, -0.1) is 40.5 Å². The largest absolute Gasteiger partial charge is 0.512 e. The molecule has 0 saturated heterocycles. The van der Waals surface area contributed by atoms with E-state index < -0.39 is 8.07 Å². The maximum atomic E-state index is 11.7. The molecule has 3 nitrogen and oxygen atoms in total. The molecule has 3 aromatic carbocycles. The Bertz CT molecular complexity index is 2060. The SMILES string of the molecule is CC(C)Cc1ccc2c(c1)[Si](C)(C)c1c-2sc2c(-c3[c-]c4ccccc4c(C(C)(C)C)c3)nccc12.CCC(CC)C(=O)/C=C(\O)C(CC)CC.[Ir]. The zero-order valence-electron chi connectivity index (χ0n) is 33.2. The summed E-state index contributed by atoms with van der Waals surface area (Å²) in [6.07, 6.45) is 8.07. The second-order valence-electron chi connectivity index (χ2n) is 16.3. The second kappa shape index (κ2) is 17.1. The number of carbonyl (C=O) groups excluding carboxylic acids is 1. The molecule has 0 bridgehead atoms. The van der Waals surface area contributed by atoms with Crippen molar-refractivity contribution in [1.29, 1.82) is 0 Å². The van der Waals surface area contributed by atoms with E-state index in [4.69, 9.17) is 4.98 Å². The number of benzene rings is 3. The van der Waals surface area contributed by atoms with Crippen molar-refractivity contribution in [1.82, 2.24) is 4.98 Å². The molecule has 2 aromatic heterocycles. The van der Waals surface area contributed by atoms with Crippen molar-refractivity contribution in [2.24, 2.45) is 17.8 Å². The van der Waals surface area contributed by atoms with Gasteiger partial charge in [-0.05, 0) is 76.4 Å². The van der Waals surface area contributed by atoms with E-state index in [2.05, 4.69) is 108 Å². The molecule has 3 heterocycles. The minimum Gasteiger partial charge on any atom is -0.512 e. The molecule has 1 N–H and O–H groups in total. The second-order valence-corrected chi connectivity index (χ2v) is 21.6. The predicted molar refractivity (Wildman–Crippen MR) is 225 cm³/mol. The van der Waals surface area contributed by atoms with Crippen molar-refractivity contribution in [3.05, 3.63) is 89.8 Å². The Hall–Kier alpha value is -2.89. The maximum absolute atomic E-state index is 11.7. The fourth-order valence-electron chi connectivity index (χ4n) is 7.82. The third kappa shape index (κ3) is 8.41. The molecule has 6 heteroatoms. The van der Waals surface area contributed by atoms with Gasteiger partial charge in [0.2, 0.25) is 0 Å². The number of hydrogen-bond acceptors (Lipinski definition) is 4. The van der Waals surface area contributed by atoms with Crippen molar-refractivity contribution in [3.8, 4) is 21.7 Å². The van der Waals surface area contributed by atoms with E-state index in [-0.39, 0.29) is 48.9 Å². The van der Waals surface area contributed by atoms with Crippen LogP contribution >= 0.6 is 11.3 Å². The first-order chi connectivity index (χ1) is 24.2. The summed E-state index contributed by atoms with van der Waals surface area (Å²) in [5.41, 5.74) is 6.51. The van der Waals surface area contributed by atoms with Crippen LogP contribution in [0.4, 0.5) is 0 Å². The van der Waals surface area contributed by atoms with Crippen LogP contribution in [-0.4, -0.2) is 23.9 Å². The minimum atomic E-state index is -1.81. The van der Waals surface area contributed by atoms with Crippen molar-refractivity contribution < 1.29 is 30.0 Å². The van der Waals surface area contributed by atoms with Crippen LogP contribution in [0.1, 0.15) is 99.1 Å². The van der Waals surface area contributed by atoms with Crippen LogP contribution in [0.25, 0.3) is 42.6 Å². The Morgan fingerprint density at radius 1 is 0.923 bits per heavy atom. The van der Waals surface area contributed by atoms with E-state index in [0.717, 1.165) is 43.4 Å². The van der Waals surface area contributed by atoms with E-state index in [9.17, 15) is 9.90 Å².